The van der Waals surface area contributed by atoms with Crippen LogP contribution in [0, 0.1) is 0 Å². The first-order chi connectivity index (χ1) is 12.9. The number of hydrogen-bond donors (Lipinski definition) is 2. The first-order valence-corrected chi connectivity index (χ1v) is 10.3. The van der Waals surface area contributed by atoms with Gasteiger partial charge < -0.3 is 10.4 Å². The van der Waals surface area contributed by atoms with Gasteiger partial charge in [-0.15, -0.1) is 0 Å². The highest BCUT2D eigenvalue weighted by Gasteiger charge is 2.36. The molecule has 2 aromatic rings. The maximum atomic E-state index is 11.1. The molecule has 2 atom stereocenters. The molecule has 0 radical (unpaired) electrons. The van der Waals surface area contributed by atoms with E-state index in [0.717, 1.165) is 38.0 Å². The van der Waals surface area contributed by atoms with E-state index in [1.807, 2.05) is 49.5 Å². The quantitative estimate of drug-likeness (QED) is 0.731. The second-order valence-corrected chi connectivity index (χ2v) is 8.33. The zero-order chi connectivity index (χ0) is 19.4. The minimum absolute atomic E-state index is 0.299. The van der Waals surface area contributed by atoms with Gasteiger partial charge in [0.1, 0.15) is 0 Å². The number of aliphatic hydroxyl groups is 1. The maximum absolute atomic E-state index is 11.1. The summed E-state index contributed by atoms with van der Waals surface area (Å²) in [6, 6.07) is 16.3. The maximum Gasteiger partial charge on any atom is 0.0920 e. The normalized spacial score (nSPS) is 19.6. The van der Waals surface area contributed by atoms with Crippen molar-refractivity contribution < 1.29 is 5.11 Å². The smallest absolute Gasteiger partial charge is 0.0920 e. The van der Waals surface area contributed by atoms with E-state index in [4.69, 9.17) is 23.2 Å². The van der Waals surface area contributed by atoms with Gasteiger partial charge in [-0.05, 0) is 50.1 Å². The highest BCUT2D eigenvalue weighted by atomic mass is 35.5. The number of halogens is 2. The number of likely N-dealkylation sites (tertiary alicyclic amines) is 1. The minimum atomic E-state index is -0.723. The molecule has 1 saturated heterocycles. The molecule has 5 heteroatoms. The molecule has 1 aliphatic heterocycles. The van der Waals surface area contributed by atoms with Crippen LogP contribution in [0.25, 0.3) is 0 Å². The van der Waals surface area contributed by atoms with Gasteiger partial charge in [0.15, 0.2) is 0 Å². The number of nitrogens with zero attached hydrogens (tertiary/aromatic N) is 1. The lowest BCUT2D eigenvalue weighted by Crippen LogP contribution is -2.49. The van der Waals surface area contributed by atoms with Crippen molar-refractivity contribution in [2.45, 2.75) is 37.3 Å². The Bertz CT molecular complexity index is 745. The van der Waals surface area contributed by atoms with Gasteiger partial charge in [0, 0.05) is 31.6 Å². The third kappa shape index (κ3) is 4.67. The molecule has 27 heavy (non-hydrogen) atoms. The van der Waals surface area contributed by atoms with Crippen molar-refractivity contribution in [1.82, 2.24) is 10.2 Å². The van der Waals surface area contributed by atoms with Crippen molar-refractivity contribution in [3.05, 3.63) is 69.7 Å². The van der Waals surface area contributed by atoms with Crippen LogP contribution in [0.15, 0.2) is 48.5 Å². The van der Waals surface area contributed by atoms with E-state index in [1.165, 1.54) is 5.56 Å². The Labute approximate surface area is 172 Å². The van der Waals surface area contributed by atoms with E-state index in [2.05, 4.69) is 23.2 Å². The molecular weight excluding hydrogens is 379 g/mol. The zero-order valence-electron chi connectivity index (χ0n) is 16.0. The topological polar surface area (TPSA) is 35.5 Å². The largest absolute Gasteiger partial charge is 0.385 e. The Morgan fingerprint density at radius 1 is 1.07 bits per heavy atom. The summed E-state index contributed by atoms with van der Waals surface area (Å²) in [5.74, 6) is 0.299. The Hall–Kier alpha value is -1.10. The number of hydrogen-bond acceptors (Lipinski definition) is 3. The summed E-state index contributed by atoms with van der Waals surface area (Å²) < 4.78 is 0. The molecule has 0 bridgehead atoms. The van der Waals surface area contributed by atoms with E-state index in [1.54, 1.807) is 0 Å². The van der Waals surface area contributed by atoms with Crippen molar-refractivity contribution in [2.24, 2.45) is 0 Å². The zero-order valence-corrected chi connectivity index (χ0v) is 17.5. The van der Waals surface area contributed by atoms with Crippen molar-refractivity contribution >= 4 is 23.2 Å². The molecule has 0 saturated carbocycles. The Balaban J connectivity index is 1.72. The van der Waals surface area contributed by atoms with Crippen LogP contribution in [-0.4, -0.2) is 42.7 Å². The average Bonchev–Trinajstić information content (AvgIpc) is 2.69. The van der Waals surface area contributed by atoms with Crippen LogP contribution in [0.5, 0.6) is 0 Å². The summed E-state index contributed by atoms with van der Waals surface area (Å²) in [5, 5.41) is 15.6. The van der Waals surface area contributed by atoms with Crippen molar-refractivity contribution in [3.8, 4) is 0 Å². The second kappa shape index (κ2) is 8.93. The van der Waals surface area contributed by atoms with Crippen LogP contribution < -0.4 is 5.32 Å². The second-order valence-electron chi connectivity index (χ2n) is 7.51. The molecule has 0 amide bonds. The van der Waals surface area contributed by atoms with Gasteiger partial charge >= 0.3 is 0 Å². The Kier molecular flexibility index (Phi) is 6.83. The molecule has 2 unspecified atom stereocenters. The van der Waals surface area contributed by atoms with Gasteiger partial charge in [-0.1, -0.05) is 59.6 Å². The third-order valence-electron chi connectivity index (χ3n) is 5.89. The third-order valence-corrected chi connectivity index (χ3v) is 6.63. The number of benzene rings is 2. The summed E-state index contributed by atoms with van der Waals surface area (Å²) in [6.07, 6.45) is 1.49. The molecular formula is C22H28Cl2N2O. The monoisotopic (exact) mass is 406 g/mol. The molecule has 1 aliphatic rings. The first-order valence-electron chi connectivity index (χ1n) is 9.56. The molecule has 0 aromatic heterocycles. The van der Waals surface area contributed by atoms with Crippen LogP contribution in [0.2, 0.25) is 10.0 Å². The van der Waals surface area contributed by atoms with Crippen LogP contribution >= 0.6 is 23.2 Å². The van der Waals surface area contributed by atoms with Crippen LogP contribution in [0.3, 0.4) is 0 Å². The number of likely N-dealkylation sites (N-methyl/N-ethyl adjacent to an activating group) is 1. The predicted octanol–water partition coefficient (Wildman–Crippen LogP) is 4.67. The van der Waals surface area contributed by atoms with Gasteiger partial charge in [0.25, 0.3) is 0 Å². The molecule has 0 spiro atoms. The molecule has 0 aliphatic carbocycles. The fourth-order valence-electron chi connectivity index (χ4n) is 4.12. The molecule has 3 rings (SSSR count). The SMILES string of the molecule is CNCC(c1ccc(Cl)c(Cl)c1)C(C)N1CCC(O)(c2ccccc2)CC1. The molecule has 146 valence electrons. The fraction of sp³-hybridized carbons (Fsp3) is 0.455. The molecule has 3 nitrogen and oxygen atoms in total. The van der Waals surface area contributed by atoms with Gasteiger partial charge in [0.05, 0.1) is 15.6 Å². The van der Waals surface area contributed by atoms with E-state index in [0.29, 0.717) is 22.0 Å². The fourth-order valence-corrected chi connectivity index (χ4v) is 4.43. The standard InChI is InChI=1S/C22H28Cl2N2O/c1-16(19(15-25-2)17-8-9-20(23)21(24)14-17)26-12-10-22(27,11-13-26)18-6-4-3-5-7-18/h3-9,14,16,19,25,27H,10-13,15H2,1-2H3. The molecule has 2 aromatic carbocycles. The average molecular weight is 407 g/mol. The summed E-state index contributed by atoms with van der Waals surface area (Å²) >= 11 is 12.3. The molecule has 1 fully saturated rings. The predicted molar refractivity (Wildman–Crippen MR) is 114 cm³/mol. The lowest BCUT2D eigenvalue weighted by molar-refractivity contribution is -0.0364. The number of nitrogens with one attached hydrogen (secondary N) is 1. The molecule has 1 heterocycles. The van der Waals surface area contributed by atoms with Crippen LogP contribution in [0.4, 0.5) is 0 Å². The number of rotatable bonds is 6. The number of piperidine rings is 1. The van der Waals surface area contributed by atoms with Gasteiger partial charge in [-0.2, -0.15) is 0 Å². The highest BCUT2D eigenvalue weighted by molar-refractivity contribution is 6.42. The molecule has 2 N–H and O–H groups in total. The van der Waals surface area contributed by atoms with Crippen molar-refractivity contribution in [3.63, 3.8) is 0 Å². The summed E-state index contributed by atoms with van der Waals surface area (Å²) in [6.45, 7) is 4.86. The summed E-state index contributed by atoms with van der Waals surface area (Å²) in [4.78, 5) is 2.47. The van der Waals surface area contributed by atoms with Gasteiger partial charge in [-0.25, -0.2) is 0 Å². The van der Waals surface area contributed by atoms with Gasteiger partial charge in [0.2, 0.25) is 0 Å². The van der Waals surface area contributed by atoms with E-state index < -0.39 is 5.60 Å². The van der Waals surface area contributed by atoms with Crippen molar-refractivity contribution in [1.29, 1.82) is 0 Å². The van der Waals surface area contributed by atoms with Crippen LogP contribution in [-0.2, 0) is 5.60 Å². The van der Waals surface area contributed by atoms with Gasteiger partial charge in [-0.3, -0.25) is 4.90 Å². The van der Waals surface area contributed by atoms with E-state index in [9.17, 15) is 5.11 Å². The highest BCUT2D eigenvalue weighted by Crippen LogP contribution is 2.36. The lowest BCUT2D eigenvalue weighted by Gasteiger charge is -2.43. The Morgan fingerprint density at radius 3 is 2.33 bits per heavy atom. The summed E-state index contributed by atoms with van der Waals surface area (Å²) in [5.41, 5.74) is 1.49. The summed E-state index contributed by atoms with van der Waals surface area (Å²) in [7, 11) is 1.97. The van der Waals surface area contributed by atoms with E-state index in [-0.39, 0.29) is 0 Å². The van der Waals surface area contributed by atoms with E-state index >= 15 is 0 Å². The minimum Gasteiger partial charge on any atom is -0.385 e. The lowest BCUT2D eigenvalue weighted by atomic mass is 9.82. The Morgan fingerprint density at radius 2 is 1.74 bits per heavy atom. The van der Waals surface area contributed by atoms with Crippen LogP contribution in [0.1, 0.15) is 36.8 Å². The first kappa shape index (κ1) is 20.6. The van der Waals surface area contributed by atoms with Crippen molar-refractivity contribution in [2.75, 3.05) is 26.7 Å².